The molecule has 9 heteroatoms. The number of rotatable bonds is 5. The molecule has 0 bridgehead atoms. The van der Waals surface area contributed by atoms with Crippen LogP contribution in [0, 0.1) is 6.92 Å². The maximum absolute atomic E-state index is 12.7. The molecule has 0 saturated heterocycles. The van der Waals surface area contributed by atoms with Crippen LogP contribution >= 0.6 is 0 Å². The SMILES string of the molecule is Cc1c(C(=O)NCC2COc3ccccc3O2)cnn1-c1nccc(-c2ccco2)n1. The third kappa shape index (κ3) is 3.73. The summed E-state index contributed by atoms with van der Waals surface area (Å²) in [6.45, 7) is 2.46. The van der Waals surface area contributed by atoms with Gasteiger partial charge in [-0.15, -0.1) is 0 Å². The molecule has 3 aromatic heterocycles. The number of benzene rings is 1. The van der Waals surface area contributed by atoms with E-state index in [0.717, 1.165) is 0 Å². The first-order valence-corrected chi connectivity index (χ1v) is 9.77. The van der Waals surface area contributed by atoms with Crippen LogP contribution in [0.5, 0.6) is 11.5 Å². The van der Waals surface area contributed by atoms with Crippen molar-refractivity contribution in [1.29, 1.82) is 0 Å². The van der Waals surface area contributed by atoms with Crippen LogP contribution in [-0.4, -0.2) is 44.9 Å². The lowest BCUT2D eigenvalue weighted by Gasteiger charge is -2.26. The highest BCUT2D eigenvalue weighted by Crippen LogP contribution is 2.30. The van der Waals surface area contributed by atoms with Crippen molar-refractivity contribution >= 4 is 5.91 Å². The van der Waals surface area contributed by atoms with Crippen LogP contribution in [0.25, 0.3) is 17.4 Å². The van der Waals surface area contributed by atoms with E-state index in [-0.39, 0.29) is 12.0 Å². The third-order valence-electron chi connectivity index (χ3n) is 4.92. The van der Waals surface area contributed by atoms with Crippen LogP contribution in [0.2, 0.25) is 0 Å². The molecule has 9 nitrogen and oxygen atoms in total. The fourth-order valence-electron chi connectivity index (χ4n) is 3.31. The van der Waals surface area contributed by atoms with Gasteiger partial charge in [0, 0.05) is 6.20 Å². The standard InChI is InChI=1S/C22H19N5O4/c1-14-16(21(28)24-11-15-13-30-19-5-2-3-6-20(19)31-15)12-25-27(14)22-23-9-8-17(26-22)18-7-4-10-29-18/h2-10,12,15H,11,13H2,1H3,(H,24,28). The number of fused-ring (bicyclic) bond motifs is 1. The summed E-state index contributed by atoms with van der Waals surface area (Å²) in [6, 6.07) is 12.8. The Bertz CT molecular complexity index is 1220. The molecule has 31 heavy (non-hydrogen) atoms. The van der Waals surface area contributed by atoms with E-state index in [9.17, 15) is 4.79 Å². The van der Waals surface area contributed by atoms with E-state index in [1.54, 1.807) is 31.5 Å². The van der Waals surface area contributed by atoms with Gasteiger partial charge in [0.15, 0.2) is 17.3 Å². The van der Waals surface area contributed by atoms with E-state index in [1.165, 1.54) is 10.9 Å². The zero-order chi connectivity index (χ0) is 21.2. The van der Waals surface area contributed by atoms with Gasteiger partial charge in [-0.3, -0.25) is 4.79 Å². The number of amides is 1. The van der Waals surface area contributed by atoms with Crippen LogP contribution in [0.4, 0.5) is 0 Å². The number of hydrogen-bond donors (Lipinski definition) is 1. The Morgan fingerprint density at radius 1 is 1.19 bits per heavy atom. The van der Waals surface area contributed by atoms with Crippen molar-refractivity contribution in [3.8, 4) is 28.9 Å². The van der Waals surface area contributed by atoms with E-state index >= 15 is 0 Å². The molecule has 1 aliphatic rings. The van der Waals surface area contributed by atoms with E-state index in [4.69, 9.17) is 13.9 Å². The van der Waals surface area contributed by atoms with E-state index in [0.29, 0.717) is 53.3 Å². The van der Waals surface area contributed by atoms with Gasteiger partial charge in [-0.05, 0) is 37.3 Å². The van der Waals surface area contributed by atoms with Gasteiger partial charge in [-0.25, -0.2) is 14.6 Å². The van der Waals surface area contributed by atoms with Gasteiger partial charge in [-0.1, -0.05) is 12.1 Å². The van der Waals surface area contributed by atoms with Crippen LogP contribution in [0.1, 0.15) is 16.1 Å². The lowest BCUT2D eigenvalue weighted by molar-refractivity contribution is 0.0789. The molecule has 0 fully saturated rings. The summed E-state index contributed by atoms with van der Waals surface area (Å²) in [5, 5.41) is 7.18. The molecular weight excluding hydrogens is 398 g/mol. The molecule has 1 amide bonds. The van der Waals surface area contributed by atoms with Gasteiger partial charge in [0.05, 0.1) is 30.3 Å². The first-order chi connectivity index (χ1) is 15.2. The van der Waals surface area contributed by atoms with Gasteiger partial charge in [-0.2, -0.15) is 5.10 Å². The molecule has 156 valence electrons. The molecule has 0 radical (unpaired) electrons. The average molecular weight is 417 g/mol. The Hall–Kier alpha value is -4.14. The van der Waals surface area contributed by atoms with Crippen molar-refractivity contribution in [2.45, 2.75) is 13.0 Å². The van der Waals surface area contributed by atoms with Crippen LogP contribution in [0.15, 0.2) is 65.5 Å². The molecule has 1 unspecified atom stereocenters. The Morgan fingerprint density at radius 2 is 2.06 bits per heavy atom. The van der Waals surface area contributed by atoms with E-state index < -0.39 is 0 Å². The number of hydrogen-bond acceptors (Lipinski definition) is 7. The molecule has 0 spiro atoms. The predicted molar refractivity (Wildman–Crippen MR) is 110 cm³/mol. The summed E-state index contributed by atoms with van der Waals surface area (Å²) >= 11 is 0. The summed E-state index contributed by atoms with van der Waals surface area (Å²) in [5.41, 5.74) is 1.69. The minimum Gasteiger partial charge on any atom is -0.486 e. The topological polar surface area (TPSA) is 104 Å². The molecule has 0 saturated carbocycles. The summed E-state index contributed by atoms with van der Waals surface area (Å²) in [6.07, 6.45) is 4.43. The number of furan rings is 1. The van der Waals surface area contributed by atoms with Gasteiger partial charge in [0.2, 0.25) is 0 Å². The average Bonchev–Trinajstić information content (AvgIpc) is 3.48. The van der Waals surface area contributed by atoms with Crippen molar-refractivity contribution in [3.05, 3.63) is 72.4 Å². The second-order valence-electron chi connectivity index (χ2n) is 6.98. The highest BCUT2D eigenvalue weighted by Gasteiger charge is 2.23. The number of carbonyl (C=O) groups excluding carboxylic acids is 1. The summed E-state index contributed by atoms with van der Waals surface area (Å²) in [7, 11) is 0. The third-order valence-corrected chi connectivity index (χ3v) is 4.92. The summed E-state index contributed by atoms with van der Waals surface area (Å²) < 4.78 is 18.5. The predicted octanol–water partition coefficient (Wildman–Crippen LogP) is 2.80. The van der Waals surface area contributed by atoms with Crippen LogP contribution in [-0.2, 0) is 0 Å². The lowest BCUT2D eigenvalue weighted by Crippen LogP contribution is -2.40. The molecule has 1 N–H and O–H groups in total. The van der Waals surface area contributed by atoms with Gasteiger partial charge < -0.3 is 19.2 Å². The van der Waals surface area contributed by atoms with Crippen LogP contribution < -0.4 is 14.8 Å². The molecular formula is C22H19N5O4. The largest absolute Gasteiger partial charge is 0.486 e. The number of ether oxygens (including phenoxy) is 2. The fraction of sp³-hybridized carbons (Fsp3) is 0.182. The van der Waals surface area contributed by atoms with Gasteiger partial charge >= 0.3 is 0 Å². The minimum atomic E-state index is -0.275. The molecule has 5 rings (SSSR count). The van der Waals surface area contributed by atoms with Crippen molar-refractivity contribution in [2.24, 2.45) is 0 Å². The van der Waals surface area contributed by atoms with Crippen LogP contribution in [0.3, 0.4) is 0 Å². The Balaban J connectivity index is 1.28. The zero-order valence-electron chi connectivity index (χ0n) is 16.7. The molecule has 1 aromatic carbocycles. The van der Waals surface area contributed by atoms with E-state index in [1.807, 2.05) is 30.3 Å². The lowest BCUT2D eigenvalue weighted by atomic mass is 10.2. The molecule has 0 aliphatic carbocycles. The number of para-hydroxylation sites is 2. The minimum absolute atomic E-state index is 0.256. The highest BCUT2D eigenvalue weighted by atomic mass is 16.6. The number of carbonyl (C=O) groups is 1. The molecule has 1 aliphatic heterocycles. The first kappa shape index (κ1) is 18.9. The van der Waals surface area contributed by atoms with Gasteiger partial charge in [0.1, 0.15) is 18.4 Å². The fourth-order valence-corrected chi connectivity index (χ4v) is 3.31. The second kappa shape index (κ2) is 7.94. The zero-order valence-corrected chi connectivity index (χ0v) is 16.7. The normalized spacial score (nSPS) is 14.9. The van der Waals surface area contributed by atoms with Gasteiger partial charge in [0.25, 0.3) is 11.9 Å². The number of aromatic nitrogens is 4. The monoisotopic (exact) mass is 417 g/mol. The molecule has 1 atom stereocenters. The highest BCUT2D eigenvalue weighted by molar-refractivity contribution is 5.95. The second-order valence-corrected chi connectivity index (χ2v) is 6.98. The van der Waals surface area contributed by atoms with Crippen molar-refractivity contribution in [1.82, 2.24) is 25.1 Å². The number of nitrogens with zero attached hydrogens (tertiary/aromatic N) is 4. The Kier molecular flexibility index (Phi) is 4.83. The smallest absolute Gasteiger partial charge is 0.254 e. The van der Waals surface area contributed by atoms with Crippen molar-refractivity contribution in [3.63, 3.8) is 0 Å². The first-order valence-electron chi connectivity index (χ1n) is 9.77. The summed E-state index contributed by atoms with van der Waals surface area (Å²) in [5.74, 6) is 2.10. The number of nitrogens with one attached hydrogen (secondary N) is 1. The molecule has 4 aromatic rings. The van der Waals surface area contributed by atoms with Crippen molar-refractivity contribution < 1.29 is 18.7 Å². The molecule has 4 heterocycles. The van der Waals surface area contributed by atoms with E-state index in [2.05, 4.69) is 20.4 Å². The summed E-state index contributed by atoms with van der Waals surface area (Å²) in [4.78, 5) is 21.5. The maximum atomic E-state index is 12.7. The quantitative estimate of drug-likeness (QED) is 0.532. The van der Waals surface area contributed by atoms with Crippen molar-refractivity contribution in [2.75, 3.05) is 13.2 Å². The Labute approximate surface area is 177 Å². The maximum Gasteiger partial charge on any atom is 0.254 e. The Morgan fingerprint density at radius 3 is 2.90 bits per heavy atom.